The minimum atomic E-state index is -0.120. The van der Waals surface area contributed by atoms with E-state index in [-0.39, 0.29) is 12.0 Å². The molecule has 1 aromatic rings. The van der Waals surface area contributed by atoms with E-state index in [0.29, 0.717) is 22.9 Å². The lowest BCUT2D eigenvalue weighted by molar-refractivity contribution is 0.0901. The van der Waals surface area contributed by atoms with Gasteiger partial charge in [0, 0.05) is 12.6 Å². The van der Waals surface area contributed by atoms with Crippen molar-refractivity contribution < 1.29 is 9.53 Å². The summed E-state index contributed by atoms with van der Waals surface area (Å²) in [6, 6.07) is 5.21. The van der Waals surface area contributed by atoms with Crippen LogP contribution in [0.4, 0.5) is 5.69 Å². The molecule has 0 aliphatic heterocycles. The lowest BCUT2D eigenvalue weighted by Gasteiger charge is -2.31. The molecule has 20 heavy (non-hydrogen) atoms. The number of nitrogens with one attached hydrogen (secondary N) is 1. The van der Waals surface area contributed by atoms with E-state index in [1.165, 1.54) is 19.3 Å². The van der Waals surface area contributed by atoms with Crippen molar-refractivity contribution in [2.45, 2.75) is 45.1 Å². The van der Waals surface area contributed by atoms with Gasteiger partial charge in [-0.25, -0.2) is 0 Å². The molecule has 0 bridgehead atoms. The number of carbonyl (C=O) groups is 1. The summed E-state index contributed by atoms with van der Waals surface area (Å²) in [6.45, 7) is 2.21. The number of nitrogen functional groups attached to an aromatic ring is 1. The molecule has 0 saturated heterocycles. The summed E-state index contributed by atoms with van der Waals surface area (Å²) < 4.78 is 6.12. The molecule has 1 fully saturated rings. The van der Waals surface area contributed by atoms with Crippen molar-refractivity contribution in [2.75, 3.05) is 12.8 Å². The number of nitrogens with two attached hydrogens (primary N) is 1. The molecule has 1 aromatic carbocycles. The summed E-state index contributed by atoms with van der Waals surface area (Å²) >= 11 is 0. The zero-order valence-corrected chi connectivity index (χ0v) is 12.3. The van der Waals surface area contributed by atoms with Gasteiger partial charge in [0.25, 0.3) is 5.91 Å². The van der Waals surface area contributed by atoms with Crippen LogP contribution in [-0.2, 0) is 0 Å². The number of anilines is 1. The minimum Gasteiger partial charge on any atom is -0.488 e. The van der Waals surface area contributed by atoms with Gasteiger partial charge < -0.3 is 15.8 Å². The SMILES string of the molecule is CCC1CCCCC1Oc1cc(C(=O)NC)ccc1N. The van der Waals surface area contributed by atoms with Gasteiger partial charge in [0.15, 0.2) is 0 Å². The molecule has 4 heteroatoms. The molecule has 1 aliphatic rings. The summed E-state index contributed by atoms with van der Waals surface area (Å²) in [7, 11) is 1.62. The van der Waals surface area contributed by atoms with Crippen molar-refractivity contribution in [3.05, 3.63) is 23.8 Å². The van der Waals surface area contributed by atoms with E-state index in [4.69, 9.17) is 10.5 Å². The zero-order chi connectivity index (χ0) is 14.5. The van der Waals surface area contributed by atoms with Gasteiger partial charge in [-0.05, 0) is 49.8 Å². The molecule has 0 aromatic heterocycles. The number of ether oxygens (including phenoxy) is 1. The van der Waals surface area contributed by atoms with Gasteiger partial charge in [-0.2, -0.15) is 0 Å². The molecule has 1 aliphatic carbocycles. The number of carbonyl (C=O) groups excluding carboxylic acids is 1. The molecule has 2 atom stereocenters. The second-order valence-corrected chi connectivity index (χ2v) is 5.44. The van der Waals surface area contributed by atoms with E-state index in [1.54, 1.807) is 25.2 Å². The Labute approximate surface area is 120 Å². The van der Waals surface area contributed by atoms with E-state index < -0.39 is 0 Å². The van der Waals surface area contributed by atoms with E-state index >= 15 is 0 Å². The van der Waals surface area contributed by atoms with Gasteiger partial charge in [-0.1, -0.05) is 13.3 Å². The third-order valence-electron chi connectivity index (χ3n) is 4.14. The highest BCUT2D eigenvalue weighted by molar-refractivity contribution is 5.95. The average Bonchev–Trinajstić information content (AvgIpc) is 2.49. The summed E-state index contributed by atoms with van der Waals surface area (Å²) in [5, 5.41) is 2.62. The van der Waals surface area contributed by atoms with E-state index in [9.17, 15) is 4.79 Å². The predicted molar refractivity (Wildman–Crippen MR) is 80.9 cm³/mol. The molecule has 2 rings (SSSR count). The summed E-state index contributed by atoms with van der Waals surface area (Å²) in [4.78, 5) is 11.7. The topological polar surface area (TPSA) is 64.3 Å². The largest absolute Gasteiger partial charge is 0.488 e. The van der Waals surface area contributed by atoms with Crippen LogP contribution >= 0.6 is 0 Å². The van der Waals surface area contributed by atoms with Crippen molar-refractivity contribution in [1.29, 1.82) is 0 Å². The van der Waals surface area contributed by atoms with Crippen LogP contribution in [-0.4, -0.2) is 19.1 Å². The van der Waals surface area contributed by atoms with E-state index in [0.717, 1.165) is 12.8 Å². The van der Waals surface area contributed by atoms with Crippen molar-refractivity contribution in [3.63, 3.8) is 0 Å². The third kappa shape index (κ3) is 3.24. The number of hydrogen-bond donors (Lipinski definition) is 2. The summed E-state index contributed by atoms with van der Waals surface area (Å²) in [6.07, 6.45) is 6.12. The first kappa shape index (κ1) is 14.7. The molecular weight excluding hydrogens is 252 g/mol. The maximum absolute atomic E-state index is 11.7. The van der Waals surface area contributed by atoms with Gasteiger partial charge in [-0.15, -0.1) is 0 Å². The normalized spacial score (nSPS) is 22.3. The quantitative estimate of drug-likeness (QED) is 0.831. The Bertz CT molecular complexity index is 474. The Kier molecular flexibility index (Phi) is 4.88. The maximum atomic E-state index is 11.7. The second-order valence-electron chi connectivity index (χ2n) is 5.44. The average molecular weight is 276 g/mol. The smallest absolute Gasteiger partial charge is 0.251 e. The van der Waals surface area contributed by atoms with Crippen molar-refractivity contribution in [1.82, 2.24) is 5.32 Å². The Morgan fingerprint density at radius 1 is 1.40 bits per heavy atom. The van der Waals surface area contributed by atoms with Gasteiger partial charge in [-0.3, -0.25) is 4.79 Å². The van der Waals surface area contributed by atoms with Crippen LogP contribution in [0.2, 0.25) is 0 Å². The highest BCUT2D eigenvalue weighted by Crippen LogP contribution is 2.33. The Hall–Kier alpha value is -1.71. The van der Waals surface area contributed by atoms with E-state index in [2.05, 4.69) is 12.2 Å². The standard InChI is InChI=1S/C16H24N2O2/c1-3-11-6-4-5-7-14(11)20-15-10-12(16(19)18-2)8-9-13(15)17/h8-11,14H,3-7,17H2,1-2H3,(H,18,19). The minimum absolute atomic E-state index is 0.120. The van der Waals surface area contributed by atoms with Crippen molar-refractivity contribution in [3.8, 4) is 5.75 Å². The fraction of sp³-hybridized carbons (Fsp3) is 0.562. The second kappa shape index (κ2) is 6.64. The molecule has 0 radical (unpaired) electrons. The lowest BCUT2D eigenvalue weighted by Crippen LogP contribution is -2.30. The molecule has 3 N–H and O–H groups in total. The number of amides is 1. The summed E-state index contributed by atoms with van der Waals surface area (Å²) in [5.74, 6) is 1.11. The van der Waals surface area contributed by atoms with Gasteiger partial charge in [0.2, 0.25) is 0 Å². The molecule has 2 unspecified atom stereocenters. The Morgan fingerprint density at radius 3 is 2.85 bits per heavy atom. The molecule has 0 heterocycles. The molecule has 110 valence electrons. The highest BCUT2D eigenvalue weighted by Gasteiger charge is 2.26. The van der Waals surface area contributed by atoms with Crippen molar-refractivity contribution in [2.24, 2.45) is 5.92 Å². The van der Waals surface area contributed by atoms with Crippen LogP contribution in [0.3, 0.4) is 0 Å². The highest BCUT2D eigenvalue weighted by atomic mass is 16.5. The maximum Gasteiger partial charge on any atom is 0.251 e. The van der Waals surface area contributed by atoms with E-state index in [1.807, 2.05) is 0 Å². The number of benzene rings is 1. The lowest BCUT2D eigenvalue weighted by atomic mass is 9.85. The first-order chi connectivity index (χ1) is 9.65. The Morgan fingerprint density at radius 2 is 2.15 bits per heavy atom. The molecular formula is C16H24N2O2. The van der Waals surface area contributed by atoms with Crippen LogP contribution in [0, 0.1) is 5.92 Å². The van der Waals surface area contributed by atoms with Crippen LogP contribution in [0.15, 0.2) is 18.2 Å². The first-order valence-corrected chi connectivity index (χ1v) is 7.44. The molecule has 1 amide bonds. The zero-order valence-electron chi connectivity index (χ0n) is 12.3. The van der Waals surface area contributed by atoms with Gasteiger partial charge in [0.05, 0.1) is 5.69 Å². The fourth-order valence-corrected chi connectivity index (χ4v) is 2.88. The predicted octanol–water partition coefficient (Wildman–Crippen LogP) is 2.98. The Balaban J connectivity index is 2.17. The molecule has 0 spiro atoms. The van der Waals surface area contributed by atoms with Crippen LogP contribution < -0.4 is 15.8 Å². The molecule has 1 saturated carbocycles. The van der Waals surface area contributed by atoms with Crippen LogP contribution in [0.1, 0.15) is 49.4 Å². The van der Waals surface area contributed by atoms with Crippen LogP contribution in [0.25, 0.3) is 0 Å². The first-order valence-electron chi connectivity index (χ1n) is 7.44. The van der Waals surface area contributed by atoms with Crippen molar-refractivity contribution >= 4 is 11.6 Å². The number of rotatable bonds is 4. The fourth-order valence-electron chi connectivity index (χ4n) is 2.88. The third-order valence-corrected chi connectivity index (χ3v) is 4.14. The number of hydrogen-bond acceptors (Lipinski definition) is 3. The molecule has 4 nitrogen and oxygen atoms in total. The monoisotopic (exact) mass is 276 g/mol. The van der Waals surface area contributed by atoms with Crippen LogP contribution in [0.5, 0.6) is 5.75 Å². The van der Waals surface area contributed by atoms with Gasteiger partial charge >= 0.3 is 0 Å². The summed E-state index contributed by atoms with van der Waals surface area (Å²) in [5.41, 5.74) is 7.16. The van der Waals surface area contributed by atoms with Gasteiger partial charge in [0.1, 0.15) is 11.9 Å².